The average Bonchev–Trinajstić information content (AvgIpc) is 3.29. The minimum Gasteiger partial charge on any atom is -0.380 e. The molecule has 2 aliphatic rings. The Morgan fingerprint density at radius 3 is 2.32 bits per heavy atom. The smallest absolute Gasteiger partial charge is 0.220 e. The Labute approximate surface area is 227 Å². The Bertz CT molecular complexity index is 843. The lowest BCUT2D eigenvalue weighted by Gasteiger charge is -2.39. The summed E-state index contributed by atoms with van der Waals surface area (Å²) >= 11 is 0. The van der Waals surface area contributed by atoms with Crippen molar-refractivity contribution in [1.29, 1.82) is 5.41 Å². The lowest BCUT2D eigenvalue weighted by molar-refractivity contribution is -0.122. The van der Waals surface area contributed by atoms with Crippen molar-refractivity contribution in [1.82, 2.24) is 15.3 Å². The molecule has 3 rings (SSSR count). The number of amides is 1. The lowest BCUT2D eigenvalue weighted by atomic mass is 9.79. The van der Waals surface area contributed by atoms with Crippen molar-refractivity contribution in [2.24, 2.45) is 17.3 Å². The minimum atomic E-state index is 0.211. The van der Waals surface area contributed by atoms with Gasteiger partial charge in [0, 0.05) is 36.0 Å². The first-order chi connectivity index (χ1) is 17.4. The maximum atomic E-state index is 10.5. The minimum absolute atomic E-state index is 0.211. The first-order valence-electron chi connectivity index (χ1n) is 14.5. The van der Waals surface area contributed by atoms with Crippen molar-refractivity contribution in [3.05, 3.63) is 28.9 Å². The molecule has 3 heterocycles. The molecule has 6 nitrogen and oxygen atoms in total. The van der Waals surface area contributed by atoms with E-state index in [2.05, 4.69) is 63.8 Å². The zero-order valence-electron chi connectivity index (χ0n) is 25.4. The van der Waals surface area contributed by atoms with Crippen LogP contribution in [0.5, 0.6) is 0 Å². The number of hydrogen-bond acceptors (Lipinski definition) is 4. The maximum Gasteiger partial charge on any atom is 0.220 e. The number of allylic oxidation sites excluding steroid dienone is 2. The first-order valence-corrected chi connectivity index (χ1v) is 14.5. The van der Waals surface area contributed by atoms with Crippen LogP contribution in [0.25, 0.3) is 0 Å². The highest BCUT2D eigenvalue weighted by atomic mass is 16.5. The van der Waals surface area contributed by atoms with Crippen LogP contribution >= 0.6 is 0 Å². The summed E-state index contributed by atoms with van der Waals surface area (Å²) in [5, 5.41) is 10.6. The molecular formula is C31H56N4O2. The SMILES string of the molecule is CC1CCC(=O)NC1.CCC(C)=C(CC1(C)COC1)C(C)=N.CCC(C)CCCC(C)c1cnc(C)[nH]1. The topological polar surface area (TPSA) is 90.9 Å². The van der Waals surface area contributed by atoms with Crippen LogP contribution in [0.1, 0.15) is 124 Å². The fourth-order valence-electron chi connectivity index (χ4n) is 4.47. The van der Waals surface area contributed by atoms with Gasteiger partial charge in [-0.25, -0.2) is 4.98 Å². The molecule has 0 saturated carbocycles. The standard InChI is InChI=1S/C13H24N2.C12H21NO.C6H11NO/c1-5-10(2)7-6-8-11(3)13-9-14-12(4)15-13;1-5-9(2)11(10(3)13)6-12(4)7-14-8-12;1-5-2-3-6(8)7-4-5/h9-11H,5-8H2,1-4H3,(H,14,15);13H,5-8H2,1-4H3;5H,2-4H2,1H3,(H,7,8). The zero-order chi connectivity index (χ0) is 28.0. The van der Waals surface area contributed by atoms with Crippen LogP contribution in [0, 0.1) is 29.6 Å². The number of aromatic amines is 1. The third-order valence-electron chi connectivity index (χ3n) is 7.80. The molecule has 0 aliphatic carbocycles. The molecule has 212 valence electrons. The molecule has 1 aromatic rings. The van der Waals surface area contributed by atoms with Crippen LogP contribution in [0.15, 0.2) is 17.3 Å². The van der Waals surface area contributed by atoms with Gasteiger partial charge in [-0.05, 0) is 69.8 Å². The summed E-state index contributed by atoms with van der Waals surface area (Å²) in [6.07, 6.45) is 11.1. The Kier molecular flexibility index (Phi) is 15.0. The van der Waals surface area contributed by atoms with Crippen molar-refractivity contribution in [2.75, 3.05) is 19.8 Å². The molecule has 2 saturated heterocycles. The Morgan fingerprint density at radius 1 is 1.24 bits per heavy atom. The predicted octanol–water partition coefficient (Wildman–Crippen LogP) is 7.75. The van der Waals surface area contributed by atoms with Crippen molar-refractivity contribution in [3.63, 3.8) is 0 Å². The quantitative estimate of drug-likeness (QED) is 0.278. The molecule has 3 unspecified atom stereocenters. The molecular weight excluding hydrogens is 460 g/mol. The third kappa shape index (κ3) is 12.9. The van der Waals surface area contributed by atoms with E-state index in [-0.39, 0.29) is 11.3 Å². The highest BCUT2D eigenvalue weighted by molar-refractivity contribution is 5.96. The van der Waals surface area contributed by atoms with Gasteiger partial charge >= 0.3 is 0 Å². The molecule has 6 heteroatoms. The second-order valence-corrected chi connectivity index (χ2v) is 11.9. The van der Waals surface area contributed by atoms with Crippen LogP contribution in [-0.4, -0.2) is 41.3 Å². The van der Waals surface area contributed by atoms with Gasteiger partial charge in [-0.2, -0.15) is 0 Å². The molecule has 3 N–H and O–H groups in total. The number of aryl methyl sites for hydroxylation is 1. The summed E-state index contributed by atoms with van der Waals surface area (Å²) in [5.41, 5.74) is 4.88. The number of carbonyl (C=O) groups is 1. The maximum absolute atomic E-state index is 10.5. The van der Waals surface area contributed by atoms with Gasteiger partial charge in [0.25, 0.3) is 0 Å². The van der Waals surface area contributed by atoms with Crippen LogP contribution < -0.4 is 5.32 Å². The summed E-state index contributed by atoms with van der Waals surface area (Å²) in [6.45, 7) is 22.0. The highest BCUT2D eigenvalue weighted by Gasteiger charge is 2.34. The van der Waals surface area contributed by atoms with E-state index in [0.29, 0.717) is 11.8 Å². The van der Waals surface area contributed by atoms with E-state index in [1.165, 1.54) is 42.5 Å². The molecule has 3 atom stereocenters. The van der Waals surface area contributed by atoms with Gasteiger partial charge in [0.2, 0.25) is 5.91 Å². The number of ether oxygens (including phenoxy) is 1. The number of nitrogens with one attached hydrogen (secondary N) is 3. The fraction of sp³-hybridized carbons (Fsp3) is 0.774. The van der Waals surface area contributed by atoms with Gasteiger partial charge in [0.15, 0.2) is 0 Å². The molecule has 0 spiro atoms. The fourth-order valence-corrected chi connectivity index (χ4v) is 4.47. The number of piperidine rings is 1. The van der Waals surface area contributed by atoms with Crippen molar-refractivity contribution in [2.45, 2.75) is 120 Å². The monoisotopic (exact) mass is 516 g/mol. The largest absolute Gasteiger partial charge is 0.380 e. The summed E-state index contributed by atoms with van der Waals surface area (Å²) in [5.74, 6) is 3.42. The van der Waals surface area contributed by atoms with Gasteiger partial charge < -0.3 is 20.4 Å². The van der Waals surface area contributed by atoms with E-state index in [0.717, 1.165) is 62.9 Å². The van der Waals surface area contributed by atoms with E-state index in [1.807, 2.05) is 20.0 Å². The number of rotatable bonds is 10. The molecule has 2 aliphatic heterocycles. The molecule has 37 heavy (non-hydrogen) atoms. The Hall–Kier alpha value is -1.95. The van der Waals surface area contributed by atoms with Gasteiger partial charge in [-0.15, -0.1) is 0 Å². The number of hydrogen-bond donors (Lipinski definition) is 3. The Morgan fingerprint density at radius 2 is 1.92 bits per heavy atom. The van der Waals surface area contributed by atoms with Crippen molar-refractivity contribution >= 4 is 11.6 Å². The van der Waals surface area contributed by atoms with Crippen LogP contribution in [-0.2, 0) is 9.53 Å². The van der Waals surface area contributed by atoms with Gasteiger partial charge in [0.05, 0.1) is 13.2 Å². The number of nitrogens with zero attached hydrogens (tertiary/aromatic N) is 1. The second-order valence-electron chi connectivity index (χ2n) is 11.9. The average molecular weight is 517 g/mol. The van der Waals surface area contributed by atoms with E-state index in [1.54, 1.807) is 0 Å². The molecule has 0 bridgehead atoms. The van der Waals surface area contributed by atoms with Crippen molar-refractivity contribution < 1.29 is 9.53 Å². The third-order valence-corrected chi connectivity index (χ3v) is 7.80. The van der Waals surface area contributed by atoms with E-state index in [9.17, 15) is 4.79 Å². The summed E-state index contributed by atoms with van der Waals surface area (Å²) in [4.78, 5) is 18.1. The number of imidazole rings is 1. The highest BCUT2D eigenvalue weighted by Crippen LogP contribution is 2.35. The molecule has 2 fully saturated rings. The number of carbonyl (C=O) groups excluding carboxylic acids is 1. The van der Waals surface area contributed by atoms with Gasteiger partial charge in [-0.3, -0.25) is 4.79 Å². The molecule has 1 amide bonds. The second kappa shape index (κ2) is 16.8. The van der Waals surface area contributed by atoms with E-state index in [4.69, 9.17) is 10.1 Å². The van der Waals surface area contributed by atoms with Gasteiger partial charge in [0.1, 0.15) is 5.82 Å². The predicted molar refractivity (Wildman–Crippen MR) is 156 cm³/mol. The van der Waals surface area contributed by atoms with Crippen molar-refractivity contribution in [3.8, 4) is 0 Å². The van der Waals surface area contributed by atoms with Crippen LogP contribution in [0.4, 0.5) is 0 Å². The van der Waals surface area contributed by atoms with Gasteiger partial charge in [-0.1, -0.05) is 66.4 Å². The summed E-state index contributed by atoms with van der Waals surface area (Å²) in [6, 6.07) is 0. The lowest BCUT2D eigenvalue weighted by Crippen LogP contribution is -2.40. The molecule has 1 aromatic heterocycles. The molecule has 0 aromatic carbocycles. The number of H-pyrrole nitrogens is 1. The first kappa shape index (κ1) is 33.1. The summed E-state index contributed by atoms with van der Waals surface area (Å²) in [7, 11) is 0. The van der Waals surface area contributed by atoms with E-state index < -0.39 is 0 Å². The normalized spacial score (nSPS) is 20.6. The zero-order valence-corrected chi connectivity index (χ0v) is 25.4. The van der Waals surface area contributed by atoms with Crippen LogP contribution in [0.2, 0.25) is 0 Å². The van der Waals surface area contributed by atoms with Crippen LogP contribution in [0.3, 0.4) is 0 Å². The Balaban J connectivity index is 0.000000290. The van der Waals surface area contributed by atoms with E-state index >= 15 is 0 Å². The number of aromatic nitrogens is 2. The summed E-state index contributed by atoms with van der Waals surface area (Å²) < 4.78 is 5.24. The molecule has 0 radical (unpaired) electrons.